The number of hydrogen-bond acceptors (Lipinski definition) is 5. The largest absolute Gasteiger partial charge is 0.495 e. The Labute approximate surface area is 200 Å². The quantitative estimate of drug-likeness (QED) is 0.167. The molecule has 0 aliphatic heterocycles. The number of furan rings is 1. The van der Waals surface area contributed by atoms with Crippen LogP contribution in [-0.4, -0.2) is 13.1 Å². The molecule has 1 atom stereocenters. The van der Waals surface area contributed by atoms with E-state index in [1.165, 1.54) is 7.11 Å². The van der Waals surface area contributed by atoms with Gasteiger partial charge in [0, 0.05) is 32.5 Å². The molecule has 0 saturated heterocycles. The van der Waals surface area contributed by atoms with Gasteiger partial charge in [0.1, 0.15) is 22.4 Å². The second-order valence-electron chi connectivity index (χ2n) is 7.26. The van der Waals surface area contributed by atoms with Crippen LogP contribution in [0.5, 0.6) is 5.75 Å². The minimum atomic E-state index is -0.770. The lowest BCUT2D eigenvalue weighted by atomic mass is 9.99. The van der Waals surface area contributed by atoms with E-state index in [-0.39, 0.29) is 6.61 Å². The number of carbonyl (C=O) groups is 1. The van der Waals surface area contributed by atoms with E-state index in [4.69, 9.17) is 20.5 Å². The van der Waals surface area contributed by atoms with Crippen molar-refractivity contribution in [2.24, 2.45) is 4.47 Å². The number of ether oxygens (including phenoxy) is 2. The Bertz CT molecular complexity index is 1330. The van der Waals surface area contributed by atoms with E-state index in [1.807, 2.05) is 72.8 Å². The maximum atomic E-state index is 13.4. The lowest BCUT2D eigenvalue weighted by Crippen LogP contribution is -2.12. The standard InChI is InChI=1S/C27H22N2O4S/c1-28-29-34(23-11-7-4-8-12-23)19-22-13-14-24(21-15-16-32-18-21)26(31-2)25(22)27(30)33-17-20-9-5-3-6-10-20/h3-16,18H,17,19H2,2H3. The zero-order chi connectivity index (χ0) is 23.8. The van der Waals surface area contributed by atoms with Crippen LogP contribution in [0.4, 0.5) is 0 Å². The highest BCUT2D eigenvalue weighted by Gasteiger charge is 2.24. The molecule has 0 fully saturated rings. The van der Waals surface area contributed by atoms with Crippen molar-refractivity contribution in [3.63, 3.8) is 0 Å². The van der Waals surface area contributed by atoms with Crippen LogP contribution in [0.2, 0.25) is 0 Å². The van der Waals surface area contributed by atoms with Gasteiger partial charge in [-0.1, -0.05) is 60.7 Å². The molecule has 0 aliphatic carbocycles. The van der Waals surface area contributed by atoms with Crippen molar-refractivity contribution >= 4 is 16.7 Å². The summed E-state index contributed by atoms with van der Waals surface area (Å²) >= 11 is 0. The first-order chi connectivity index (χ1) is 16.7. The summed E-state index contributed by atoms with van der Waals surface area (Å²) in [5, 5.41) is 0. The minimum Gasteiger partial charge on any atom is -0.495 e. The van der Waals surface area contributed by atoms with Crippen molar-refractivity contribution in [3.8, 4) is 16.9 Å². The van der Waals surface area contributed by atoms with Crippen LogP contribution >= 0.6 is 0 Å². The fourth-order valence-electron chi connectivity index (χ4n) is 3.55. The van der Waals surface area contributed by atoms with E-state index in [0.29, 0.717) is 28.2 Å². The summed E-state index contributed by atoms with van der Waals surface area (Å²) in [5.41, 5.74) is 3.41. The van der Waals surface area contributed by atoms with Crippen LogP contribution in [-0.2, 0) is 27.8 Å². The number of nitrogens with zero attached hydrogens (tertiary/aromatic N) is 2. The van der Waals surface area contributed by atoms with Gasteiger partial charge >= 0.3 is 5.97 Å². The number of benzene rings is 3. The van der Waals surface area contributed by atoms with Crippen LogP contribution in [0, 0.1) is 6.57 Å². The fraction of sp³-hybridized carbons (Fsp3) is 0.111. The van der Waals surface area contributed by atoms with Crippen molar-refractivity contribution in [1.82, 2.24) is 0 Å². The molecule has 34 heavy (non-hydrogen) atoms. The molecule has 4 rings (SSSR count). The first-order valence-corrected chi connectivity index (χ1v) is 11.8. The second-order valence-corrected chi connectivity index (χ2v) is 8.91. The molecule has 7 heteroatoms. The molecule has 1 heterocycles. The zero-order valence-electron chi connectivity index (χ0n) is 18.5. The molecule has 0 bridgehead atoms. The summed E-state index contributed by atoms with van der Waals surface area (Å²) in [6, 6.07) is 24.7. The number of esters is 1. The van der Waals surface area contributed by atoms with Gasteiger partial charge in [0.2, 0.25) is 0 Å². The Morgan fingerprint density at radius 2 is 1.76 bits per heavy atom. The molecular weight excluding hydrogens is 448 g/mol. The minimum absolute atomic E-state index is 0.134. The molecule has 1 unspecified atom stereocenters. The molecule has 1 aromatic heterocycles. The Morgan fingerprint density at radius 3 is 2.41 bits per heavy atom. The Morgan fingerprint density at radius 1 is 1.03 bits per heavy atom. The highest BCUT2D eigenvalue weighted by atomic mass is 32.2. The van der Waals surface area contributed by atoms with Crippen LogP contribution in [0.25, 0.3) is 16.1 Å². The van der Waals surface area contributed by atoms with E-state index in [2.05, 4.69) is 9.43 Å². The maximum Gasteiger partial charge on any atom is 0.342 e. The molecule has 0 N–H and O–H groups in total. The lowest BCUT2D eigenvalue weighted by Gasteiger charge is -2.17. The molecule has 170 valence electrons. The van der Waals surface area contributed by atoms with Gasteiger partial charge in [0.05, 0.1) is 19.6 Å². The van der Waals surface area contributed by atoms with Gasteiger partial charge in [0.15, 0.2) is 0 Å². The molecule has 0 radical (unpaired) electrons. The van der Waals surface area contributed by atoms with Crippen LogP contribution in [0.15, 0.2) is 105 Å². The topological polar surface area (TPSA) is 65.4 Å². The van der Waals surface area contributed by atoms with Crippen LogP contribution in [0.3, 0.4) is 0 Å². The normalized spacial score (nSPS) is 11.5. The predicted molar refractivity (Wildman–Crippen MR) is 131 cm³/mol. The number of rotatable bonds is 8. The Hall–Kier alpha value is -4.15. The van der Waals surface area contributed by atoms with Gasteiger partial charge in [-0.2, -0.15) is 6.57 Å². The smallest absolute Gasteiger partial charge is 0.342 e. The summed E-state index contributed by atoms with van der Waals surface area (Å²) in [6.45, 7) is 7.43. The SMILES string of the molecule is [C-]#[N+]/N=S(/Cc1ccc(-c2ccoc2)c(OC)c1C(=O)OCc1ccccc1)c1ccccc1. The van der Waals surface area contributed by atoms with Gasteiger partial charge in [-0.05, 0) is 29.3 Å². The van der Waals surface area contributed by atoms with E-state index in [0.717, 1.165) is 16.0 Å². The van der Waals surface area contributed by atoms with Crippen LogP contribution < -0.4 is 4.74 Å². The Balaban J connectivity index is 1.76. The number of carbonyl (C=O) groups excluding carboxylic acids is 1. The average molecular weight is 471 g/mol. The summed E-state index contributed by atoms with van der Waals surface area (Å²) < 4.78 is 20.8. The van der Waals surface area contributed by atoms with Gasteiger partial charge in [-0.15, -0.1) is 4.95 Å². The zero-order valence-corrected chi connectivity index (χ0v) is 19.3. The van der Waals surface area contributed by atoms with E-state index >= 15 is 0 Å². The Kier molecular flexibility index (Phi) is 7.53. The van der Waals surface area contributed by atoms with Gasteiger partial charge in [0.25, 0.3) is 0 Å². The van der Waals surface area contributed by atoms with Gasteiger partial charge in [-0.25, -0.2) is 4.79 Å². The first-order valence-electron chi connectivity index (χ1n) is 10.5. The third-order valence-corrected chi connectivity index (χ3v) is 6.82. The molecule has 0 saturated carbocycles. The van der Waals surface area contributed by atoms with Crippen molar-refractivity contribution in [1.29, 1.82) is 0 Å². The predicted octanol–water partition coefficient (Wildman–Crippen LogP) is 6.51. The molecule has 4 aromatic rings. The highest BCUT2D eigenvalue weighted by molar-refractivity contribution is 7.86. The maximum absolute atomic E-state index is 13.4. The summed E-state index contributed by atoms with van der Waals surface area (Å²) in [5.74, 6) is 0.265. The molecule has 0 spiro atoms. The van der Waals surface area contributed by atoms with Crippen molar-refractivity contribution in [3.05, 3.63) is 120 Å². The third kappa shape index (κ3) is 5.25. The van der Waals surface area contributed by atoms with Gasteiger partial charge < -0.3 is 13.9 Å². The molecule has 0 amide bonds. The molecule has 6 nitrogen and oxygen atoms in total. The number of hydrogen-bond donors (Lipinski definition) is 0. The van der Waals surface area contributed by atoms with Crippen molar-refractivity contribution in [2.75, 3.05) is 7.11 Å². The van der Waals surface area contributed by atoms with Crippen LogP contribution in [0.1, 0.15) is 21.5 Å². The number of methoxy groups -OCH3 is 1. The van der Waals surface area contributed by atoms with E-state index in [1.54, 1.807) is 18.6 Å². The second kappa shape index (κ2) is 11.1. The summed E-state index contributed by atoms with van der Waals surface area (Å²) in [4.78, 5) is 17.6. The van der Waals surface area contributed by atoms with Crippen molar-refractivity contribution < 1.29 is 18.7 Å². The highest BCUT2D eigenvalue weighted by Crippen LogP contribution is 2.37. The monoisotopic (exact) mass is 470 g/mol. The van der Waals surface area contributed by atoms with E-state index < -0.39 is 16.7 Å². The summed E-state index contributed by atoms with van der Waals surface area (Å²) in [7, 11) is 0.755. The summed E-state index contributed by atoms with van der Waals surface area (Å²) in [6.07, 6.45) is 3.16. The fourth-order valence-corrected chi connectivity index (χ4v) is 4.98. The first kappa shape index (κ1) is 23.0. The molecular formula is C27H22N2O4S. The lowest BCUT2D eigenvalue weighted by molar-refractivity contribution is 0.0468. The van der Waals surface area contributed by atoms with Crippen molar-refractivity contribution in [2.45, 2.75) is 17.3 Å². The van der Waals surface area contributed by atoms with Gasteiger partial charge in [-0.3, -0.25) is 0 Å². The molecule has 0 aliphatic rings. The molecule has 3 aromatic carbocycles. The van der Waals surface area contributed by atoms with E-state index in [9.17, 15) is 4.79 Å². The average Bonchev–Trinajstić information content (AvgIpc) is 3.42. The third-order valence-electron chi connectivity index (χ3n) is 5.14.